The smallest absolute Gasteiger partial charge is 0.365 e. The maximum absolute atomic E-state index is 11.6. The summed E-state index contributed by atoms with van der Waals surface area (Å²) in [6, 6.07) is 0. The van der Waals surface area contributed by atoms with E-state index < -0.39 is 30.7 Å². The Labute approximate surface area is 129 Å². The van der Waals surface area contributed by atoms with Crippen LogP contribution in [0.15, 0.2) is 15.8 Å². The van der Waals surface area contributed by atoms with E-state index in [0.717, 1.165) is 0 Å². The van der Waals surface area contributed by atoms with Crippen molar-refractivity contribution in [2.75, 3.05) is 6.61 Å². The number of hydrogen-bond acceptors (Lipinski definition) is 5. The summed E-state index contributed by atoms with van der Waals surface area (Å²) in [6.45, 7) is 1.77. The number of aromatic nitrogens is 2. The van der Waals surface area contributed by atoms with Gasteiger partial charge in [0.25, 0.3) is 11.4 Å². The topological polar surface area (TPSA) is 159 Å². The van der Waals surface area contributed by atoms with Gasteiger partial charge in [0.2, 0.25) is 0 Å². The number of rotatable bonds is 7. The van der Waals surface area contributed by atoms with E-state index in [-0.39, 0.29) is 18.4 Å². The first kappa shape index (κ1) is 17.6. The highest BCUT2D eigenvalue weighted by Gasteiger charge is 2.42. The first-order valence-corrected chi connectivity index (χ1v) is 8.47. The molecule has 4 N–H and O–H groups in total. The van der Waals surface area contributed by atoms with E-state index >= 15 is 0 Å². The van der Waals surface area contributed by atoms with E-state index in [9.17, 15) is 18.9 Å². The van der Waals surface area contributed by atoms with Crippen molar-refractivity contribution in [3.63, 3.8) is 0 Å². The molecule has 0 saturated heterocycles. The van der Waals surface area contributed by atoms with Crippen LogP contribution in [0, 0.1) is 18.8 Å². The molecule has 0 aromatic carbocycles. The molecule has 2 rings (SSSR count). The Morgan fingerprint density at radius 2 is 2.13 bits per heavy atom. The molecule has 1 aromatic rings. The molecule has 1 aliphatic rings. The summed E-state index contributed by atoms with van der Waals surface area (Å²) in [5.74, 6) is -3.98. The zero-order valence-corrected chi connectivity index (χ0v) is 13.1. The van der Waals surface area contributed by atoms with Gasteiger partial charge < -0.3 is 24.2 Å². The molecule has 3 atom stereocenters. The summed E-state index contributed by atoms with van der Waals surface area (Å²) in [4.78, 5) is 53.7. The van der Waals surface area contributed by atoms with Crippen LogP contribution in [-0.2, 0) is 20.6 Å². The van der Waals surface area contributed by atoms with Crippen LogP contribution in [0.2, 0.25) is 0 Å². The highest BCUT2D eigenvalue weighted by molar-refractivity contribution is 7.53. The van der Waals surface area contributed by atoms with Gasteiger partial charge in [0.05, 0.1) is 6.61 Å². The number of ether oxygens (including phenoxy) is 1. The average Bonchev–Trinajstić information content (AvgIpc) is 3.12. The summed E-state index contributed by atoms with van der Waals surface area (Å²) in [6.07, 6.45) is 2.07. The largest absolute Gasteiger partial charge is 0.479 e. The Morgan fingerprint density at radius 1 is 1.48 bits per heavy atom. The quantitative estimate of drug-likeness (QED) is 0.461. The fourth-order valence-electron chi connectivity index (χ4n) is 2.27. The van der Waals surface area contributed by atoms with Crippen LogP contribution >= 0.6 is 7.60 Å². The van der Waals surface area contributed by atoms with Crippen molar-refractivity contribution >= 4 is 13.6 Å². The Kier molecular flexibility index (Phi) is 4.90. The molecular weight excluding hydrogens is 331 g/mol. The van der Waals surface area contributed by atoms with Gasteiger partial charge in [-0.05, 0) is 25.2 Å². The number of carbonyl (C=O) groups is 1. The zero-order valence-electron chi connectivity index (χ0n) is 12.2. The summed E-state index contributed by atoms with van der Waals surface area (Å²) in [7, 11) is -4.88. The van der Waals surface area contributed by atoms with E-state index in [0.29, 0.717) is 18.5 Å². The van der Waals surface area contributed by atoms with Crippen molar-refractivity contribution in [3.8, 4) is 0 Å². The molecule has 23 heavy (non-hydrogen) atoms. The Hall–Kier alpha value is -1.74. The SMILES string of the molecule is Cc1cn(C[C@@H]2C[C@@H]2COC(C(=O)O)P(=O)(O)O)c(=O)[nH]c1=O. The second kappa shape index (κ2) is 6.40. The summed E-state index contributed by atoms with van der Waals surface area (Å²) in [5.41, 5.74) is -0.593. The zero-order chi connectivity index (χ0) is 17.4. The monoisotopic (exact) mass is 348 g/mol. The molecule has 1 fully saturated rings. The fourth-order valence-corrected chi connectivity index (χ4v) is 2.84. The number of aryl methyl sites for hydroxylation is 1. The third-order valence-corrected chi connectivity index (χ3v) is 4.66. The number of carboxylic acid groups (broad SMARTS) is 1. The van der Waals surface area contributed by atoms with Crippen LogP contribution in [0.25, 0.3) is 0 Å². The lowest BCUT2D eigenvalue weighted by Gasteiger charge is -2.14. The molecule has 0 spiro atoms. The van der Waals surface area contributed by atoms with Gasteiger partial charge in [-0.25, -0.2) is 9.59 Å². The predicted molar refractivity (Wildman–Crippen MR) is 77.1 cm³/mol. The highest BCUT2D eigenvalue weighted by atomic mass is 31.2. The average molecular weight is 348 g/mol. The molecule has 1 unspecified atom stereocenters. The van der Waals surface area contributed by atoms with Crippen LogP contribution in [0.3, 0.4) is 0 Å². The third kappa shape index (κ3) is 4.38. The van der Waals surface area contributed by atoms with E-state index in [4.69, 9.17) is 19.6 Å². The van der Waals surface area contributed by atoms with Crippen molar-refractivity contribution in [2.24, 2.45) is 11.8 Å². The standard InChI is InChI=1S/C12H17N2O8P/c1-6-3-14(12(18)13-9(6)15)4-7-2-8(7)5-22-11(10(16)17)23(19,20)21/h3,7-8,11H,2,4-5H2,1H3,(H,16,17)(H,13,15,18)(H2,19,20,21)/t7-,8+,11?/m0/s1. The summed E-state index contributed by atoms with van der Waals surface area (Å²) < 4.78 is 17.2. The lowest BCUT2D eigenvalue weighted by Crippen LogP contribution is -2.31. The van der Waals surface area contributed by atoms with Crippen LogP contribution in [0.4, 0.5) is 0 Å². The van der Waals surface area contributed by atoms with Gasteiger partial charge in [0.1, 0.15) is 0 Å². The van der Waals surface area contributed by atoms with Gasteiger partial charge in [-0.15, -0.1) is 0 Å². The van der Waals surface area contributed by atoms with Crippen molar-refractivity contribution in [3.05, 3.63) is 32.6 Å². The van der Waals surface area contributed by atoms with Crippen LogP contribution in [0.5, 0.6) is 0 Å². The van der Waals surface area contributed by atoms with Crippen molar-refractivity contribution in [1.82, 2.24) is 9.55 Å². The fraction of sp³-hybridized carbons (Fsp3) is 0.583. The van der Waals surface area contributed by atoms with Crippen LogP contribution < -0.4 is 11.2 Å². The van der Waals surface area contributed by atoms with Crippen molar-refractivity contribution in [2.45, 2.75) is 25.7 Å². The Balaban J connectivity index is 1.93. The third-order valence-electron chi connectivity index (χ3n) is 3.67. The molecule has 0 amide bonds. The number of aliphatic carboxylic acids is 1. The molecule has 11 heteroatoms. The minimum Gasteiger partial charge on any atom is -0.479 e. The molecule has 10 nitrogen and oxygen atoms in total. The lowest BCUT2D eigenvalue weighted by molar-refractivity contribution is -0.146. The van der Waals surface area contributed by atoms with E-state index in [1.54, 1.807) is 6.92 Å². The molecule has 0 radical (unpaired) electrons. The number of nitrogens with one attached hydrogen (secondary N) is 1. The van der Waals surface area contributed by atoms with E-state index in [2.05, 4.69) is 4.98 Å². The van der Waals surface area contributed by atoms with E-state index in [1.807, 2.05) is 0 Å². The van der Waals surface area contributed by atoms with Gasteiger partial charge in [0, 0.05) is 18.3 Å². The normalized spacial score (nSPS) is 21.9. The minimum absolute atomic E-state index is 0.0178. The number of nitrogens with zero attached hydrogens (tertiary/aromatic N) is 1. The van der Waals surface area contributed by atoms with Crippen LogP contribution in [-0.4, -0.2) is 42.9 Å². The molecule has 1 saturated carbocycles. The molecular formula is C12H17N2O8P. The highest BCUT2D eigenvalue weighted by Crippen LogP contribution is 2.45. The van der Waals surface area contributed by atoms with Crippen molar-refractivity contribution in [1.29, 1.82) is 0 Å². The van der Waals surface area contributed by atoms with Gasteiger partial charge >= 0.3 is 19.3 Å². The Morgan fingerprint density at radius 3 is 2.70 bits per heavy atom. The number of aromatic amines is 1. The number of carboxylic acids is 1. The van der Waals surface area contributed by atoms with Gasteiger partial charge in [0.15, 0.2) is 0 Å². The van der Waals surface area contributed by atoms with Crippen molar-refractivity contribution < 1.29 is 29.0 Å². The Bertz CT molecular complexity index is 763. The summed E-state index contributed by atoms with van der Waals surface area (Å²) in [5, 5.41) is 8.74. The van der Waals surface area contributed by atoms with Crippen LogP contribution in [0.1, 0.15) is 12.0 Å². The van der Waals surface area contributed by atoms with Gasteiger partial charge in [-0.1, -0.05) is 0 Å². The second-order valence-electron chi connectivity index (χ2n) is 5.59. The van der Waals surface area contributed by atoms with E-state index in [1.165, 1.54) is 10.8 Å². The number of H-pyrrole nitrogens is 1. The molecule has 0 bridgehead atoms. The van der Waals surface area contributed by atoms with Gasteiger partial charge in [-0.2, -0.15) is 0 Å². The lowest BCUT2D eigenvalue weighted by atomic mass is 10.3. The van der Waals surface area contributed by atoms with Gasteiger partial charge in [-0.3, -0.25) is 14.3 Å². The molecule has 1 heterocycles. The molecule has 0 aliphatic heterocycles. The minimum atomic E-state index is -4.88. The first-order chi connectivity index (χ1) is 10.6. The molecule has 128 valence electrons. The molecule has 1 aliphatic carbocycles. The summed E-state index contributed by atoms with van der Waals surface area (Å²) >= 11 is 0. The maximum Gasteiger partial charge on any atom is 0.365 e. The predicted octanol–water partition coefficient (Wildman–Crippen LogP) is -0.914. The first-order valence-electron chi connectivity index (χ1n) is 6.79. The number of hydrogen-bond donors (Lipinski definition) is 4. The second-order valence-corrected chi connectivity index (χ2v) is 7.24. The maximum atomic E-state index is 11.6. The molecule has 1 aromatic heterocycles.